The van der Waals surface area contributed by atoms with Gasteiger partial charge in [0, 0.05) is 17.6 Å². The maximum Gasteiger partial charge on any atom is 0.411 e. The lowest BCUT2D eigenvalue weighted by atomic mass is 10.0. The second-order valence-electron chi connectivity index (χ2n) is 6.29. The van der Waals surface area contributed by atoms with Gasteiger partial charge in [-0.3, -0.25) is 4.90 Å². The Balaban J connectivity index is 2.40. The molecule has 1 aromatic heterocycles. The quantitative estimate of drug-likeness (QED) is 0.783. The van der Waals surface area contributed by atoms with Crippen molar-refractivity contribution >= 4 is 12.0 Å². The van der Waals surface area contributed by atoms with E-state index in [0.29, 0.717) is 11.1 Å². The highest BCUT2D eigenvalue weighted by molar-refractivity contribution is 5.72. The Hall–Kier alpha value is -2.40. The van der Waals surface area contributed by atoms with Gasteiger partial charge in [0.25, 0.3) is 0 Å². The molecule has 0 saturated carbocycles. The fourth-order valence-corrected chi connectivity index (χ4v) is 2.44. The van der Waals surface area contributed by atoms with Crippen molar-refractivity contribution in [3.63, 3.8) is 0 Å². The molecular formula is C16H19FN2O4. The number of hydrogen-bond acceptors (Lipinski definition) is 5. The first kappa shape index (κ1) is 17.0. The Labute approximate surface area is 133 Å². The number of rotatable bonds is 2. The largest absolute Gasteiger partial charge is 0.481 e. The summed E-state index contributed by atoms with van der Waals surface area (Å²) in [5.41, 5.74) is 0.121. The Morgan fingerprint density at radius 1 is 1.48 bits per heavy atom. The summed E-state index contributed by atoms with van der Waals surface area (Å²) in [6.45, 7) is 5.33. The van der Waals surface area contributed by atoms with Gasteiger partial charge < -0.3 is 9.47 Å². The van der Waals surface area contributed by atoms with E-state index in [1.807, 2.05) is 5.94 Å². The Morgan fingerprint density at radius 2 is 2.17 bits per heavy atom. The van der Waals surface area contributed by atoms with Crippen LogP contribution in [-0.4, -0.2) is 41.2 Å². The van der Waals surface area contributed by atoms with Crippen molar-refractivity contribution in [1.82, 2.24) is 9.88 Å². The second-order valence-corrected chi connectivity index (χ2v) is 6.29. The number of ether oxygens (including phenoxy) is 2. The molecular weight excluding hydrogens is 303 g/mol. The molecule has 2 heterocycles. The molecule has 1 atom stereocenters. The van der Waals surface area contributed by atoms with Gasteiger partial charge in [-0.25, -0.2) is 19.0 Å². The number of carbonyl (C=O) groups is 1. The molecule has 124 valence electrons. The number of likely N-dealkylation sites (tertiary alicyclic amines) is 1. The predicted octanol–water partition coefficient (Wildman–Crippen LogP) is 2.67. The number of amides is 1. The number of carbonyl (C=O) groups excluding carboxylic acids is 2. The van der Waals surface area contributed by atoms with Crippen LogP contribution < -0.4 is 4.74 Å². The summed E-state index contributed by atoms with van der Waals surface area (Å²) in [5, 5.41) is 0. The molecule has 23 heavy (non-hydrogen) atoms. The molecule has 0 spiro atoms. The van der Waals surface area contributed by atoms with Crippen molar-refractivity contribution in [2.45, 2.75) is 38.8 Å². The highest BCUT2D eigenvalue weighted by Crippen LogP contribution is 2.38. The first-order valence-electron chi connectivity index (χ1n) is 7.17. The fourth-order valence-electron chi connectivity index (χ4n) is 2.44. The SMILES string of the molecule is COc1ncc(F)cc1C1CC(=C=O)CN1C(=O)OC(C)(C)C. The molecule has 1 saturated heterocycles. The van der Waals surface area contributed by atoms with Crippen molar-refractivity contribution in [3.8, 4) is 5.88 Å². The van der Waals surface area contributed by atoms with Crippen molar-refractivity contribution < 1.29 is 23.5 Å². The molecule has 1 aliphatic rings. The number of pyridine rings is 1. The van der Waals surface area contributed by atoms with Gasteiger partial charge >= 0.3 is 6.09 Å². The number of halogens is 1. The highest BCUT2D eigenvalue weighted by Gasteiger charge is 2.38. The van der Waals surface area contributed by atoms with E-state index in [4.69, 9.17) is 9.47 Å². The maximum atomic E-state index is 13.6. The lowest BCUT2D eigenvalue weighted by Crippen LogP contribution is -2.36. The Kier molecular flexibility index (Phi) is 4.71. The maximum absolute atomic E-state index is 13.6. The first-order chi connectivity index (χ1) is 10.7. The van der Waals surface area contributed by atoms with E-state index in [-0.39, 0.29) is 18.8 Å². The minimum Gasteiger partial charge on any atom is -0.481 e. The van der Waals surface area contributed by atoms with Crippen LogP contribution in [0.25, 0.3) is 0 Å². The van der Waals surface area contributed by atoms with E-state index >= 15 is 0 Å². The molecule has 6 nitrogen and oxygen atoms in total. The molecule has 1 unspecified atom stereocenters. The van der Waals surface area contributed by atoms with Crippen molar-refractivity contribution in [3.05, 3.63) is 29.2 Å². The molecule has 0 N–H and O–H groups in total. The summed E-state index contributed by atoms with van der Waals surface area (Å²) in [5.74, 6) is 1.48. The molecule has 0 radical (unpaired) electrons. The molecule has 1 aromatic rings. The van der Waals surface area contributed by atoms with Crippen LogP contribution in [-0.2, 0) is 9.53 Å². The summed E-state index contributed by atoms with van der Waals surface area (Å²) >= 11 is 0. The standard InChI is InChI=1S/C16H19FN2O4/c1-16(2,3)23-15(21)19-8-10(9-20)5-13(19)12-6-11(17)7-18-14(12)22-4/h6-7,13H,5,8H2,1-4H3. The molecule has 2 rings (SSSR count). The molecule has 1 fully saturated rings. The van der Waals surface area contributed by atoms with Crippen LogP contribution in [0.3, 0.4) is 0 Å². The van der Waals surface area contributed by atoms with Crippen molar-refractivity contribution in [2.75, 3.05) is 13.7 Å². The van der Waals surface area contributed by atoms with Crippen LogP contribution in [0.4, 0.5) is 9.18 Å². The van der Waals surface area contributed by atoms with E-state index in [1.165, 1.54) is 18.1 Å². The first-order valence-corrected chi connectivity index (χ1v) is 7.17. The van der Waals surface area contributed by atoms with Crippen molar-refractivity contribution in [2.24, 2.45) is 0 Å². The highest BCUT2D eigenvalue weighted by atomic mass is 19.1. The van der Waals surface area contributed by atoms with Gasteiger partial charge in [0.2, 0.25) is 5.88 Å². The zero-order valence-corrected chi connectivity index (χ0v) is 13.6. The summed E-state index contributed by atoms with van der Waals surface area (Å²) in [6, 6.07) is 0.668. The van der Waals surface area contributed by atoms with E-state index < -0.39 is 23.6 Å². The minimum absolute atomic E-state index is 0.0861. The van der Waals surface area contributed by atoms with Gasteiger partial charge in [0.15, 0.2) is 0 Å². The normalized spacial score (nSPS) is 17.9. The molecule has 0 aliphatic carbocycles. The monoisotopic (exact) mass is 322 g/mol. The van der Waals surface area contributed by atoms with Crippen LogP contribution in [0, 0.1) is 5.82 Å². The summed E-state index contributed by atoms with van der Waals surface area (Å²) in [6.07, 6.45) is 0.689. The molecule has 7 heteroatoms. The number of hydrogen-bond donors (Lipinski definition) is 0. The number of nitrogens with zero attached hydrogens (tertiary/aromatic N) is 2. The van der Waals surface area contributed by atoms with Crippen LogP contribution in [0.15, 0.2) is 17.8 Å². The number of methoxy groups -OCH3 is 1. The second kappa shape index (κ2) is 6.38. The fraction of sp³-hybridized carbons (Fsp3) is 0.500. The van der Waals surface area contributed by atoms with Crippen LogP contribution >= 0.6 is 0 Å². The lowest BCUT2D eigenvalue weighted by molar-refractivity contribution is 0.0226. The third-order valence-corrected chi connectivity index (χ3v) is 3.35. The van der Waals surface area contributed by atoms with Crippen LogP contribution in [0.1, 0.15) is 38.8 Å². The van der Waals surface area contributed by atoms with Gasteiger partial charge in [-0.05, 0) is 26.8 Å². The van der Waals surface area contributed by atoms with E-state index in [0.717, 1.165) is 6.20 Å². The third-order valence-electron chi connectivity index (χ3n) is 3.35. The Morgan fingerprint density at radius 3 is 2.74 bits per heavy atom. The molecule has 1 aliphatic heterocycles. The third kappa shape index (κ3) is 3.87. The zero-order valence-electron chi connectivity index (χ0n) is 13.6. The van der Waals surface area contributed by atoms with Gasteiger partial charge in [-0.15, -0.1) is 0 Å². The van der Waals surface area contributed by atoms with E-state index in [9.17, 15) is 14.0 Å². The zero-order chi connectivity index (χ0) is 17.2. The predicted molar refractivity (Wildman–Crippen MR) is 80.3 cm³/mol. The average Bonchev–Trinajstić information content (AvgIpc) is 2.89. The Bertz CT molecular complexity index is 663. The van der Waals surface area contributed by atoms with Gasteiger partial charge in [0.1, 0.15) is 17.4 Å². The van der Waals surface area contributed by atoms with Crippen LogP contribution in [0.2, 0.25) is 0 Å². The molecule has 1 amide bonds. The van der Waals surface area contributed by atoms with Crippen molar-refractivity contribution in [1.29, 1.82) is 0 Å². The van der Waals surface area contributed by atoms with Gasteiger partial charge in [-0.2, -0.15) is 0 Å². The topological polar surface area (TPSA) is 68.7 Å². The van der Waals surface area contributed by atoms with Crippen LogP contribution in [0.5, 0.6) is 5.88 Å². The average molecular weight is 322 g/mol. The summed E-state index contributed by atoms with van der Waals surface area (Å²) < 4.78 is 24.1. The minimum atomic E-state index is -0.681. The van der Waals surface area contributed by atoms with Gasteiger partial charge in [-0.1, -0.05) is 0 Å². The van der Waals surface area contributed by atoms with E-state index in [1.54, 1.807) is 20.8 Å². The molecule has 0 bridgehead atoms. The number of aromatic nitrogens is 1. The smallest absolute Gasteiger partial charge is 0.411 e. The summed E-state index contributed by atoms with van der Waals surface area (Å²) in [7, 11) is 1.41. The van der Waals surface area contributed by atoms with E-state index in [2.05, 4.69) is 4.98 Å². The molecule has 0 aromatic carbocycles. The summed E-state index contributed by atoms with van der Waals surface area (Å²) in [4.78, 5) is 28.6. The lowest BCUT2D eigenvalue weighted by Gasteiger charge is -2.28. The van der Waals surface area contributed by atoms with Gasteiger partial charge in [0.05, 0.1) is 25.9 Å².